The number of aromatic amines is 1. The number of rotatable bonds is 4. The molecule has 1 aromatic rings. The molecule has 1 heterocycles. The van der Waals surface area contributed by atoms with E-state index in [9.17, 15) is 13.2 Å². The van der Waals surface area contributed by atoms with Crippen LogP contribution in [0.1, 0.15) is 29.9 Å². The maximum Gasteiger partial charge on any atom is 0.352 e. The van der Waals surface area contributed by atoms with E-state index in [4.69, 9.17) is 5.11 Å². The third-order valence-corrected chi connectivity index (χ3v) is 3.77. The molecule has 0 saturated heterocycles. The number of aromatic carboxylic acids is 1. The van der Waals surface area contributed by atoms with Crippen molar-refractivity contribution in [3.63, 3.8) is 0 Å². The van der Waals surface area contributed by atoms with E-state index in [0.29, 0.717) is 0 Å². The van der Waals surface area contributed by atoms with Crippen LogP contribution in [-0.2, 0) is 10.0 Å². The molecule has 3 N–H and O–H groups in total. The summed E-state index contributed by atoms with van der Waals surface area (Å²) in [5.74, 6) is -1.18. The van der Waals surface area contributed by atoms with Crippen molar-refractivity contribution in [1.29, 1.82) is 0 Å². The SMILES string of the molecule is Cc1c(S(=O)(=O)NC(C)C)c[nH]c1C(=O)O. The van der Waals surface area contributed by atoms with E-state index in [1.54, 1.807) is 13.8 Å². The zero-order valence-electron chi connectivity index (χ0n) is 9.23. The first-order valence-corrected chi connectivity index (χ1v) is 6.17. The highest BCUT2D eigenvalue weighted by Crippen LogP contribution is 2.18. The number of nitrogens with one attached hydrogen (secondary N) is 2. The number of carbonyl (C=O) groups is 1. The second kappa shape index (κ2) is 4.26. The minimum absolute atomic E-state index is 0.0291. The van der Waals surface area contributed by atoms with Gasteiger partial charge in [0.05, 0.1) is 0 Å². The van der Waals surface area contributed by atoms with Crippen molar-refractivity contribution in [1.82, 2.24) is 9.71 Å². The highest BCUT2D eigenvalue weighted by molar-refractivity contribution is 7.89. The molecule has 0 atom stereocenters. The van der Waals surface area contributed by atoms with Crippen molar-refractivity contribution >= 4 is 16.0 Å². The maximum atomic E-state index is 11.8. The second-order valence-corrected chi connectivity index (χ2v) is 5.42. The normalized spacial score (nSPS) is 12.0. The molecule has 0 amide bonds. The van der Waals surface area contributed by atoms with E-state index < -0.39 is 16.0 Å². The summed E-state index contributed by atoms with van der Waals surface area (Å²) in [5.41, 5.74) is 0.102. The standard InChI is InChI=1S/C9H14N2O4S/c1-5(2)11-16(14,15)7-4-10-8(6(7)3)9(12)13/h4-5,10-11H,1-3H3,(H,12,13). The number of H-pyrrole nitrogens is 1. The van der Waals surface area contributed by atoms with E-state index in [1.165, 1.54) is 13.1 Å². The van der Waals surface area contributed by atoms with Crippen molar-refractivity contribution in [3.8, 4) is 0 Å². The first-order chi connectivity index (χ1) is 7.25. The molecule has 0 spiro atoms. The highest BCUT2D eigenvalue weighted by atomic mass is 32.2. The van der Waals surface area contributed by atoms with Gasteiger partial charge in [0, 0.05) is 17.8 Å². The average Bonchev–Trinajstić information content (AvgIpc) is 2.44. The van der Waals surface area contributed by atoms with Crippen LogP contribution >= 0.6 is 0 Å². The lowest BCUT2D eigenvalue weighted by Crippen LogP contribution is -2.30. The van der Waals surface area contributed by atoms with E-state index in [0.717, 1.165) is 0 Å². The van der Waals surface area contributed by atoms with Gasteiger partial charge in [0.15, 0.2) is 0 Å². The molecule has 0 aliphatic carbocycles. The van der Waals surface area contributed by atoms with Gasteiger partial charge in [-0.3, -0.25) is 0 Å². The largest absolute Gasteiger partial charge is 0.477 e. The van der Waals surface area contributed by atoms with Crippen LogP contribution in [0.15, 0.2) is 11.1 Å². The average molecular weight is 246 g/mol. The van der Waals surface area contributed by atoms with Crippen LogP contribution < -0.4 is 4.72 Å². The zero-order valence-corrected chi connectivity index (χ0v) is 10.1. The monoisotopic (exact) mass is 246 g/mol. The highest BCUT2D eigenvalue weighted by Gasteiger charge is 2.23. The molecule has 6 nitrogen and oxygen atoms in total. The van der Waals surface area contributed by atoms with E-state index in [2.05, 4.69) is 9.71 Å². The fourth-order valence-corrected chi connectivity index (χ4v) is 2.82. The van der Waals surface area contributed by atoms with Gasteiger partial charge in [-0.25, -0.2) is 17.9 Å². The van der Waals surface area contributed by atoms with E-state index >= 15 is 0 Å². The number of hydrogen-bond donors (Lipinski definition) is 3. The van der Waals surface area contributed by atoms with Gasteiger partial charge in [0.2, 0.25) is 10.0 Å². The molecule has 7 heteroatoms. The maximum absolute atomic E-state index is 11.8. The summed E-state index contributed by atoms with van der Waals surface area (Å²) in [4.78, 5) is 13.1. The van der Waals surface area contributed by atoms with Crippen molar-refractivity contribution in [3.05, 3.63) is 17.5 Å². The number of carboxylic acid groups (broad SMARTS) is 1. The first kappa shape index (κ1) is 12.7. The molecule has 0 saturated carbocycles. The minimum Gasteiger partial charge on any atom is -0.477 e. The Labute approximate surface area is 93.7 Å². The molecule has 0 aliphatic rings. The molecular formula is C9H14N2O4S. The Kier molecular flexibility index (Phi) is 3.39. The number of sulfonamides is 1. The Balaban J connectivity index is 3.20. The quantitative estimate of drug-likeness (QED) is 0.728. The van der Waals surface area contributed by atoms with Gasteiger partial charge in [0.1, 0.15) is 10.6 Å². The number of carboxylic acids is 1. The van der Waals surface area contributed by atoms with Crippen LogP contribution in [0.25, 0.3) is 0 Å². The van der Waals surface area contributed by atoms with Crippen LogP contribution in [0.3, 0.4) is 0 Å². The Hall–Kier alpha value is -1.34. The van der Waals surface area contributed by atoms with Crippen molar-refractivity contribution in [2.24, 2.45) is 0 Å². The summed E-state index contributed by atoms with van der Waals surface area (Å²) in [5, 5.41) is 8.78. The smallest absolute Gasteiger partial charge is 0.352 e. The summed E-state index contributed by atoms with van der Waals surface area (Å²) < 4.78 is 25.9. The van der Waals surface area contributed by atoms with E-state index in [-0.39, 0.29) is 22.2 Å². The van der Waals surface area contributed by atoms with Gasteiger partial charge in [-0.05, 0) is 20.8 Å². The predicted molar refractivity (Wildman–Crippen MR) is 57.9 cm³/mol. The fourth-order valence-electron chi connectivity index (χ4n) is 1.35. The molecule has 90 valence electrons. The van der Waals surface area contributed by atoms with Gasteiger partial charge in [-0.15, -0.1) is 0 Å². The Bertz CT molecular complexity index is 502. The summed E-state index contributed by atoms with van der Waals surface area (Å²) >= 11 is 0. The van der Waals surface area contributed by atoms with Crippen LogP contribution in [0.4, 0.5) is 0 Å². The molecule has 0 aromatic carbocycles. The van der Waals surface area contributed by atoms with Gasteiger partial charge >= 0.3 is 5.97 Å². The van der Waals surface area contributed by atoms with Crippen LogP contribution in [0, 0.1) is 6.92 Å². The lowest BCUT2D eigenvalue weighted by Gasteiger charge is -2.08. The molecule has 0 radical (unpaired) electrons. The summed E-state index contributed by atoms with van der Waals surface area (Å²) in [7, 11) is -3.65. The lowest BCUT2D eigenvalue weighted by molar-refractivity contribution is 0.0690. The van der Waals surface area contributed by atoms with Gasteiger partial charge in [-0.1, -0.05) is 0 Å². The Morgan fingerprint density at radius 1 is 1.50 bits per heavy atom. The Morgan fingerprint density at radius 2 is 2.06 bits per heavy atom. The first-order valence-electron chi connectivity index (χ1n) is 4.69. The molecule has 0 bridgehead atoms. The Morgan fingerprint density at radius 3 is 2.44 bits per heavy atom. The third kappa shape index (κ3) is 2.42. The van der Waals surface area contributed by atoms with E-state index in [1.807, 2.05) is 0 Å². The summed E-state index contributed by atoms with van der Waals surface area (Å²) in [6.07, 6.45) is 1.18. The molecule has 16 heavy (non-hydrogen) atoms. The number of aromatic nitrogens is 1. The molecule has 1 rings (SSSR count). The molecular weight excluding hydrogens is 232 g/mol. The molecule has 0 unspecified atom stereocenters. The van der Waals surface area contributed by atoms with Crippen LogP contribution in [-0.4, -0.2) is 30.5 Å². The third-order valence-electron chi connectivity index (χ3n) is 1.99. The van der Waals surface area contributed by atoms with Crippen molar-refractivity contribution in [2.75, 3.05) is 0 Å². The molecule has 0 aliphatic heterocycles. The predicted octanol–water partition coefficient (Wildman–Crippen LogP) is 0.708. The molecule has 0 fully saturated rings. The van der Waals surface area contributed by atoms with Crippen molar-refractivity contribution < 1.29 is 18.3 Å². The topological polar surface area (TPSA) is 99.3 Å². The fraction of sp³-hybridized carbons (Fsp3) is 0.444. The second-order valence-electron chi connectivity index (χ2n) is 3.73. The van der Waals surface area contributed by atoms with Gasteiger partial charge in [-0.2, -0.15) is 0 Å². The number of hydrogen-bond acceptors (Lipinski definition) is 3. The van der Waals surface area contributed by atoms with Gasteiger partial charge < -0.3 is 10.1 Å². The molecule has 1 aromatic heterocycles. The van der Waals surface area contributed by atoms with Crippen LogP contribution in [0.2, 0.25) is 0 Å². The summed E-state index contributed by atoms with van der Waals surface area (Å²) in [6.45, 7) is 4.84. The lowest BCUT2D eigenvalue weighted by atomic mass is 10.3. The van der Waals surface area contributed by atoms with Gasteiger partial charge in [0.25, 0.3) is 0 Å². The van der Waals surface area contributed by atoms with Crippen LogP contribution in [0.5, 0.6) is 0 Å². The van der Waals surface area contributed by atoms with Crippen molar-refractivity contribution in [2.45, 2.75) is 31.7 Å². The minimum atomic E-state index is -3.65. The summed E-state index contributed by atoms with van der Waals surface area (Å²) in [6, 6.07) is -0.243. The zero-order chi connectivity index (χ0) is 12.5.